The number of aliphatic carboxylic acids is 1. The Labute approximate surface area is 179 Å². The van der Waals surface area contributed by atoms with Crippen LogP contribution in [0.2, 0.25) is 0 Å². The standard InChI is InChI=1S/C22H32N2O5S/c1-14-12-15(2)17(4)20(16(14)3)30(28,29)24-10-7-18(8-11-24)21(25)23-9-5-6-19(13-23)22(26)27/h12,18-19H,5-11,13H2,1-4H3,(H,26,27). The molecule has 2 saturated heterocycles. The molecule has 0 aromatic heterocycles. The Morgan fingerprint density at radius 1 is 0.933 bits per heavy atom. The summed E-state index contributed by atoms with van der Waals surface area (Å²) < 4.78 is 28.3. The van der Waals surface area contributed by atoms with Gasteiger partial charge in [-0.05, 0) is 75.6 Å². The molecule has 1 aromatic carbocycles. The van der Waals surface area contributed by atoms with E-state index in [1.54, 1.807) is 4.90 Å². The number of hydrogen-bond donors (Lipinski definition) is 1. The van der Waals surface area contributed by atoms with E-state index in [4.69, 9.17) is 0 Å². The number of hydrogen-bond acceptors (Lipinski definition) is 4. The van der Waals surface area contributed by atoms with E-state index in [2.05, 4.69) is 0 Å². The molecule has 2 fully saturated rings. The minimum Gasteiger partial charge on any atom is -0.481 e. The van der Waals surface area contributed by atoms with Gasteiger partial charge in [-0.1, -0.05) is 6.07 Å². The molecule has 0 spiro atoms. The lowest BCUT2D eigenvalue weighted by Gasteiger charge is -2.36. The molecule has 0 radical (unpaired) electrons. The van der Waals surface area contributed by atoms with Crippen LogP contribution >= 0.6 is 0 Å². The lowest BCUT2D eigenvalue weighted by Crippen LogP contribution is -2.48. The van der Waals surface area contributed by atoms with E-state index in [9.17, 15) is 23.1 Å². The Hall–Kier alpha value is -1.93. The maximum Gasteiger partial charge on any atom is 0.308 e. The molecule has 1 aromatic rings. The molecular formula is C22H32N2O5S. The first-order valence-corrected chi connectivity index (χ1v) is 12.1. The van der Waals surface area contributed by atoms with Crippen LogP contribution in [-0.2, 0) is 19.6 Å². The van der Waals surface area contributed by atoms with Gasteiger partial charge in [0.05, 0.1) is 10.8 Å². The summed E-state index contributed by atoms with van der Waals surface area (Å²) in [5, 5.41) is 9.25. The van der Waals surface area contributed by atoms with Crippen molar-refractivity contribution in [2.45, 2.75) is 58.3 Å². The minimum absolute atomic E-state index is 0.0308. The second-order valence-electron chi connectivity index (χ2n) is 8.73. The Morgan fingerprint density at radius 3 is 2.03 bits per heavy atom. The van der Waals surface area contributed by atoms with Gasteiger partial charge in [-0.15, -0.1) is 0 Å². The molecule has 166 valence electrons. The van der Waals surface area contributed by atoms with Gasteiger partial charge in [0.15, 0.2) is 0 Å². The van der Waals surface area contributed by atoms with Crippen molar-refractivity contribution in [3.8, 4) is 0 Å². The Kier molecular flexibility index (Phi) is 6.57. The molecule has 3 rings (SSSR count). The number of benzene rings is 1. The summed E-state index contributed by atoms with van der Waals surface area (Å²) in [4.78, 5) is 26.2. The predicted molar refractivity (Wildman–Crippen MR) is 114 cm³/mol. The van der Waals surface area contributed by atoms with E-state index in [1.165, 1.54) is 4.31 Å². The van der Waals surface area contributed by atoms with Crippen LogP contribution in [-0.4, -0.2) is 60.8 Å². The number of aryl methyl sites for hydroxylation is 2. The fraction of sp³-hybridized carbons (Fsp3) is 0.636. The third-order valence-corrected chi connectivity index (χ3v) is 8.95. The molecule has 30 heavy (non-hydrogen) atoms. The molecule has 2 heterocycles. The van der Waals surface area contributed by atoms with Crippen molar-refractivity contribution < 1.29 is 23.1 Å². The van der Waals surface area contributed by atoms with Gasteiger partial charge in [-0.3, -0.25) is 9.59 Å². The monoisotopic (exact) mass is 436 g/mol. The van der Waals surface area contributed by atoms with Crippen molar-refractivity contribution in [2.75, 3.05) is 26.2 Å². The maximum atomic E-state index is 13.4. The van der Waals surface area contributed by atoms with Crippen molar-refractivity contribution in [3.05, 3.63) is 28.3 Å². The number of nitrogens with zero attached hydrogens (tertiary/aromatic N) is 2. The van der Waals surface area contributed by atoms with Crippen molar-refractivity contribution in [3.63, 3.8) is 0 Å². The van der Waals surface area contributed by atoms with Crippen LogP contribution in [0.4, 0.5) is 0 Å². The summed E-state index contributed by atoms with van der Waals surface area (Å²) in [7, 11) is -3.63. The molecule has 2 aliphatic heterocycles. The van der Waals surface area contributed by atoms with Crippen molar-refractivity contribution in [1.82, 2.24) is 9.21 Å². The number of likely N-dealkylation sites (tertiary alicyclic amines) is 1. The SMILES string of the molecule is Cc1cc(C)c(C)c(S(=O)(=O)N2CCC(C(=O)N3CCCC(C(=O)O)C3)CC2)c1C. The first-order valence-electron chi connectivity index (χ1n) is 10.6. The van der Waals surface area contributed by atoms with Crippen LogP contribution < -0.4 is 0 Å². The zero-order valence-electron chi connectivity index (χ0n) is 18.3. The number of carboxylic acid groups (broad SMARTS) is 1. The number of sulfonamides is 1. The fourth-order valence-electron chi connectivity index (χ4n) is 4.68. The second kappa shape index (κ2) is 8.67. The van der Waals surface area contributed by atoms with Crippen molar-refractivity contribution in [1.29, 1.82) is 0 Å². The van der Waals surface area contributed by atoms with Crippen LogP contribution in [0.1, 0.15) is 47.9 Å². The molecule has 0 aliphatic carbocycles. The molecule has 1 N–H and O–H groups in total. The highest BCUT2D eigenvalue weighted by molar-refractivity contribution is 7.89. The van der Waals surface area contributed by atoms with Crippen LogP contribution in [0.5, 0.6) is 0 Å². The number of carbonyl (C=O) groups is 2. The molecule has 8 heteroatoms. The lowest BCUT2D eigenvalue weighted by molar-refractivity contribution is -0.147. The van der Waals surface area contributed by atoms with Gasteiger partial charge >= 0.3 is 5.97 Å². The third kappa shape index (κ3) is 4.25. The zero-order valence-corrected chi connectivity index (χ0v) is 19.1. The summed E-state index contributed by atoms with van der Waals surface area (Å²) in [6.07, 6.45) is 2.23. The van der Waals surface area contributed by atoms with Gasteiger partial charge in [-0.25, -0.2) is 8.42 Å². The van der Waals surface area contributed by atoms with Gasteiger partial charge in [0.1, 0.15) is 0 Å². The van der Waals surface area contributed by atoms with E-state index in [-0.39, 0.29) is 18.4 Å². The Morgan fingerprint density at radius 2 is 1.50 bits per heavy atom. The fourth-order valence-corrected chi connectivity index (χ4v) is 6.72. The summed E-state index contributed by atoms with van der Waals surface area (Å²) >= 11 is 0. The largest absolute Gasteiger partial charge is 0.481 e. The van der Waals surface area contributed by atoms with Crippen LogP contribution in [0.15, 0.2) is 11.0 Å². The van der Waals surface area contributed by atoms with E-state index < -0.39 is 21.9 Å². The molecular weight excluding hydrogens is 404 g/mol. The van der Waals surface area contributed by atoms with Crippen molar-refractivity contribution in [2.24, 2.45) is 11.8 Å². The summed E-state index contributed by atoms with van der Waals surface area (Å²) in [6, 6.07) is 2.01. The molecule has 1 amide bonds. The number of amides is 1. The Bertz CT molecular complexity index is 923. The van der Waals surface area contributed by atoms with Gasteiger partial charge in [0, 0.05) is 32.1 Å². The summed E-state index contributed by atoms with van der Waals surface area (Å²) in [6.45, 7) is 9.00. The topological polar surface area (TPSA) is 95.0 Å². The first-order chi connectivity index (χ1) is 14.0. The van der Waals surface area contributed by atoms with E-state index in [0.717, 1.165) is 22.3 Å². The molecule has 0 bridgehead atoms. The molecule has 2 aliphatic rings. The minimum atomic E-state index is -3.63. The normalized spacial score (nSPS) is 21.6. The average Bonchev–Trinajstić information content (AvgIpc) is 2.72. The van der Waals surface area contributed by atoms with Gasteiger partial charge < -0.3 is 10.0 Å². The molecule has 7 nitrogen and oxygen atoms in total. The third-order valence-electron chi connectivity index (χ3n) is 6.78. The highest BCUT2D eigenvalue weighted by atomic mass is 32.2. The average molecular weight is 437 g/mol. The lowest BCUT2D eigenvalue weighted by atomic mass is 9.93. The predicted octanol–water partition coefficient (Wildman–Crippen LogP) is 2.64. The van der Waals surface area contributed by atoms with Gasteiger partial charge in [0.2, 0.25) is 15.9 Å². The van der Waals surface area contributed by atoms with E-state index in [1.807, 2.05) is 33.8 Å². The van der Waals surface area contributed by atoms with Gasteiger partial charge in [0.25, 0.3) is 0 Å². The zero-order chi connectivity index (χ0) is 22.2. The molecule has 1 atom stereocenters. The number of rotatable bonds is 4. The van der Waals surface area contributed by atoms with E-state index >= 15 is 0 Å². The highest BCUT2D eigenvalue weighted by Gasteiger charge is 2.37. The van der Waals surface area contributed by atoms with Crippen LogP contribution in [0.25, 0.3) is 0 Å². The maximum absolute atomic E-state index is 13.4. The van der Waals surface area contributed by atoms with Crippen LogP contribution in [0, 0.1) is 39.5 Å². The van der Waals surface area contributed by atoms with E-state index in [0.29, 0.717) is 50.2 Å². The molecule has 1 unspecified atom stereocenters. The first kappa shape index (κ1) is 22.7. The number of carbonyl (C=O) groups excluding carboxylic acids is 1. The highest BCUT2D eigenvalue weighted by Crippen LogP contribution is 2.32. The van der Waals surface area contributed by atoms with Gasteiger partial charge in [-0.2, -0.15) is 4.31 Å². The number of carboxylic acids is 1. The van der Waals surface area contributed by atoms with Crippen molar-refractivity contribution >= 4 is 21.9 Å². The quantitative estimate of drug-likeness (QED) is 0.783. The summed E-state index contributed by atoms with van der Waals surface area (Å²) in [5.74, 6) is -1.63. The Balaban J connectivity index is 1.71. The molecule has 0 saturated carbocycles. The summed E-state index contributed by atoms with van der Waals surface area (Å²) in [5.41, 5.74) is 3.48. The smallest absolute Gasteiger partial charge is 0.308 e. The number of piperidine rings is 2. The van der Waals surface area contributed by atoms with Crippen LogP contribution in [0.3, 0.4) is 0 Å². The second-order valence-corrected chi connectivity index (χ2v) is 10.6.